The Morgan fingerprint density at radius 2 is 2.11 bits per heavy atom. The Balaban J connectivity index is 2.02. The van der Waals surface area contributed by atoms with Crippen molar-refractivity contribution in [2.24, 2.45) is 5.92 Å². The number of rotatable bonds is 5. The van der Waals surface area contributed by atoms with Crippen molar-refractivity contribution in [2.45, 2.75) is 18.9 Å². The lowest BCUT2D eigenvalue weighted by atomic mass is 9.82. The van der Waals surface area contributed by atoms with Crippen molar-refractivity contribution < 1.29 is 19.4 Å². The van der Waals surface area contributed by atoms with Gasteiger partial charge in [0.1, 0.15) is 0 Å². The fourth-order valence-corrected chi connectivity index (χ4v) is 2.27. The molecule has 104 valence electrons. The van der Waals surface area contributed by atoms with Crippen LogP contribution < -0.4 is 14.8 Å². The van der Waals surface area contributed by atoms with Crippen LogP contribution >= 0.6 is 0 Å². The number of para-hydroxylation sites is 1. The number of aliphatic hydroxyl groups excluding tert-OH is 1. The predicted molar refractivity (Wildman–Crippen MR) is 70.6 cm³/mol. The van der Waals surface area contributed by atoms with E-state index in [2.05, 4.69) is 5.32 Å². The summed E-state index contributed by atoms with van der Waals surface area (Å²) in [4.78, 5) is 12.1. The topological polar surface area (TPSA) is 67.8 Å². The highest BCUT2D eigenvalue weighted by Gasteiger charge is 2.27. The lowest BCUT2D eigenvalue weighted by Gasteiger charge is -2.31. The first-order chi connectivity index (χ1) is 9.15. The van der Waals surface area contributed by atoms with Crippen LogP contribution in [-0.2, 0) is 0 Å². The Morgan fingerprint density at radius 1 is 1.37 bits per heavy atom. The number of ether oxygens (including phenoxy) is 2. The van der Waals surface area contributed by atoms with Gasteiger partial charge >= 0.3 is 0 Å². The van der Waals surface area contributed by atoms with Gasteiger partial charge in [0.25, 0.3) is 5.91 Å². The van der Waals surface area contributed by atoms with E-state index in [1.54, 1.807) is 18.2 Å². The fourth-order valence-electron chi connectivity index (χ4n) is 2.27. The van der Waals surface area contributed by atoms with E-state index in [0.29, 0.717) is 29.5 Å². The standard InChI is InChI=1S/C14H19NO4/c1-18-12-5-3-4-11(13(12)19-2)14(17)15-8-9-6-10(16)7-9/h3-5,9-10,16H,6-8H2,1-2H3,(H,15,17). The van der Waals surface area contributed by atoms with E-state index >= 15 is 0 Å². The van der Waals surface area contributed by atoms with E-state index in [1.807, 2.05) is 0 Å². The molecule has 1 aliphatic carbocycles. The highest BCUT2D eigenvalue weighted by Crippen LogP contribution is 2.31. The zero-order valence-corrected chi connectivity index (χ0v) is 11.2. The van der Waals surface area contributed by atoms with Crippen LogP contribution in [0.15, 0.2) is 18.2 Å². The molecule has 2 rings (SSSR count). The van der Waals surface area contributed by atoms with E-state index in [0.717, 1.165) is 12.8 Å². The maximum absolute atomic E-state index is 12.1. The van der Waals surface area contributed by atoms with Crippen LogP contribution in [0.2, 0.25) is 0 Å². The smallest absolute Gasteiger partial charge is 0.255 e. The van der Waals surface area contributed by atoms with Crippen molar-refractivity contribution in [2.75, 3.05) is 20.8 Å². The molecule has 2 N–H and O–H groups in total. The van der Waals surface area contributed by atoms with Gasteiger partial charge in [-0.2, -0.15) is 0 Å². The van der Waals surface area contributed by atoms with E-state index in [4.69, 9.17) is 9.47 Å². The lowest BCUT2D eigenvalue weighted by molar-refractivity contribution is 0.0420. The second-order valence-corrected chi connectivity index (χ2v) is 4.74. The summed E-state index contributed by atoms with van der Waals surface area (Å²) >= 11 is 0. The number of carbonyl (C=O) groups excluding carboxylic acids is 1. The number of carbonyl (C=O) groups is 1. The molecule has 5 nitrogen and oxygen atoms in total. The summed E-state index contributed by atoms with van der Waals surface area (Å²) in [6, 6.07) is 5.20. The normalized spacial score (nSPS) is 21.4. The van der Waals surface area contributed by atoms with Crippen molar-refractivity contribution in [3.63, 3.8) is 0 Å². The number of nitrogens with one attached hydrogen (secondary N) is 1. The van der Waals surface area contributed by atoms with Crippen molar-refractivity contribution in [1.82, 2.24) is 5.32 Å². The highest BCUT2D eigenvalue weighted by atomic mass is 16.5. The minimum Gasteiger partial charge on any atom is -0.493 e. The third kappa shape index (κ3) is 2.98. The van der Waals surface area contributed by atoms with Crippen molar-refractivity contribution in [3.05, 3.63) is 23.8 Å². The molecule has 1 amide bonds. The molecule has 1 aliphatic rings. The number of aliphatic hydroxyl groups is 1. The minimum absolute atomic E-state index is 0.183. The first-order valence-electron chi connectivity index (χ1n) is 6.33. The van der Waals surface area contributed by atoms with Gasteiger partial charge in [0.05, 0.1) is 25.9 Å². The van der Waals surface area contributed by atoms with Crippen LogP contribution in [0.25, 0.3) is 0 Å². The Bertz CT molecular complexity index is 455. The Hall–Kier alpha value is -1.75. The fraction of sp³-hybridized carbons (Fsp3) is 0.500. The summed E-state index contributed by atoms with van der Waals surface area (Å²) in [6.45, 7) is 0.580. The molecule has 0 saturated heterocycles. The van der Waals surface area contributed by atoms with Gasteiger partial charge in [0, 0.05) is 6.54 Å². The summed E-state index contributed by atoms with van der Waals surface area (Å²) < 4.78 is 10.4. The molecule has 5 heteroatoms. The van der Waals surface area contributed by atoms with Gasteiger partial charge in [-0.25, -0.2) is 0 Å². The molecule has 1 aromatic rings. The molecular formula is C14H19NO4. The summed E-state index contributed by atoms with van der Waals surface area (Å²) in [5.74, 6) is 1.16. The molecule has 0 heterocycles. The SMILES string of the molecule is COc1cccc(C(=O)NCC2CC(O)C2)c1OC. The molecule has 0 radical (unpaired) electrons. The van der Waals surface area contributed by atoms with Crippen LogP contribution in [0.3, 0.4) is 0 Å². The van der Waals surface area contributed by atoms with Crippen molar-refractivity contribution in [1.29, 1.82) is 0 Å². The minimum atomic E-state index is -0.201. The summed E-state index contributed by atoms with van der Waals surface area (Å²) in [7, 11) is 3.05. The van der Waals surface area contributed by atoms with Gasteiger partial charge in [0.15, 0.2) is 11.5 Å². The summed E-state index contributed by atoms with van der Waals surface area (Å²) in [5, 5.41) is 12.1. The molecule has 0 spiro atoms. The second kappa shape index (κ2) is 5.93. The quantitative estimate of drug-likeness (QED) is 0.839. The van der Waals surface area contributed by atoms with Crippen LogP contribution in [0.5, 0.6) is 11.5 Å². The molecule has 0 aromatic heterocycles. The monoisotopic (exact) mass is 265 g/mol. The molecule has 19 heavy (non-hydrogen) atoms. The van der Waals surface area contributed by atoms with Gasteiger partial charge in [-0.05, 0) is 30.9 Å². The zero-order valence-electron chi connectivity index (χ0n) is 11.2. The van der Waals surface area contributed by atoms with Crippen molar-refractivity contribution in [3.8, 4) is 11.5 Å². The van der Waals surface area contributed by atoms with E-state index in [9.17, 15) is 9.90 Å². The predicted octanol–water partition coefficient (Wildman–Crippen LogP) is 1.20. The molecule has 0 bridgehead atoms. The molecule has 0 aliphatic heterocycles. The summed E-state index contributed by atoms with van der Waals surface area (Å²) in [6.07, 6.45) is 1.32. The Morgan fingerprint density at radius 3 is 2.68 bits per heavy atom. The first-order valence-corrected chi connectivity index (χ1v) is 6.33. The van der Waals surface area contributed by atoms with Gasteiger partial charge in [-0.15, -0.1) is 0 Å². The van der Waals surface area contributed by atoms with Gasteiger partial charge in [-0.3, -0.25) is 4.79 Å². The average molecular weight is 265 g/mol. The van der Waals surface area contributed by atoms with E-state index < -0.39 is 0 Å². The molecule has 0 atom stereocenters. The number of amides is 1. The number of benzene rings is 1. The molecule has 1 saturated carbocycles. The van der Waals surface area contributed by atoms with Gasteiger partial charge < -0.3 is 19.9 Å². The number of methoxy groups -OCH3 is 2. The van der Waals surface area contributed by atoms with Gasteiger partial charge in [0.2, 0.25) is 0 Å². The summed E-state index contributed by atoms with van der Waals surface area (Å²) in [5.41, 5.74) is 0.460. The number of hydrogen-bond acceptors (Lipinski definition) is 4. The average Bonchev–Trinajstić information content (AvgIpc) is 2.40. The van der Waals surface area contributed by atoms with Crippen molar-refractivity contribution >= 4 is 5.91 Å². The Kier molecular flexibility index (Phi) is 4.27. The second-order valence-electron chi connectivity index (χ2n) is 4.74. The van der Waals surface area contributed by atoms with Crippen LogP contribution in [0.4, 0.5) is 0 Å². The lowest BCUT2D eigenvalue weighted by Crippen LogP contribution is -2.38. The molecular weight excluding hydrogens is 246 g/mol. The van der Waals surface area contributed by atoms with Gasteiger partial charge in [-0.1, -0.05) is 6.07 Å². The zero-order chi connectivity index (χ0) is 13.8. The highest BCUT2D eigenvalue weighted by molar-refractivity contribution is 5.97. The van der Waals surface area contributed by atoms with E-state index in [1.165, 1.54) is 14.2 Å². The third-order valence-electron chi connectivity index (χ3n) is 3.41. The third-order valence-corrected chi connectivity index (χ3v) is 3.41. The first kappa shape index (κ1) is 13.7. The molecule has 1 fully saturated rings. The van der Waals surface area contributed by atoms with E-state index in [-0.39, 0.29) is 12.0 Å². The number of hydrogen-bond donors (Lipinski definition) is 2. The maximum atomic E-state index is 12.1. The van der Waals surface area contributed by atoms with Crippen LogP contribution in [0, 0.1) is 5.92 Å². The Labute approximate surface area is 112 Å². The maximum Gasteiger partial charge on any atom is 0.255 e. The van der Waals surface area contributed by atoms with Crippen LogP contribution in [0.1, 0.15) is 23.2 Å². The molecule has 1 aromatic carbocycles. The van der Waals surface area contributed by atoms with Crippen LogP contribution in [-0.4, -0.2) is 37.9 Å². The largest absolute Gasteiger partial charge is 0.493 e. The molecule has 0 unspecified atom stereocenters.